The van der Waals surface area contributed by atoms with E-state index in [4.69, 9.17) is 5.26 Å². The highest BCUT2D eigenvalue weighted by molar-refractivity contribution is 7.98. The van der Waals surface area contributed by atoms with E-state index < -0.39 is 6.04 Å². The van der Waals surface area contributed by atoms with Crippen LogP contribution in [0.4, 0.5) is 0 Å². The van der Waals surface area contributed by atoms with Gasteiger partial charge in [-0.2, -0.15) is 17.0 Å². The summed E-state index contributed by atoms with van der Waals surface area (Å²) in [6.07, 6.45) is 3.22. The van der Waals surface area contributed by atoms with E-state index in [1.807, 2.05) is 12.3 Å². The third-order valence-electron chi connectivity index (χ3n) is 1.69. The first-order chi connectivity index (χ1) is 7.65. The quantitative estimate of drug-likeness (QED) is 0.487. The molecular weight excluding hydrogens is 226 g/mol. The van der Waals surface area contributed by atoms with Gasteiger partial charge in [-0.1, -0.05) is 6.58 Å². The number of hydrogen-bond donors (Lipinski definition) is 2. The van der Waals surface area contributed by atoms with E-state index in [0.717, 1.165) is 6.08 Å². The zero-order valence-electron chi connectivity index (χ0n) is 9.16. The van der Waals surface area contributed by atoms with Gasteiger partial charge in [-0.25, -0.2) is 0 Å². The van der Waals surface area contributed by atoms with Crippen LogP contribution in [-0.4, -0.2) is 36.4 Å². The predicted octanol–water partition coefficient (Wildman–Crippen LogP) is 0.0501. The average Bonchev–Trinajstić information content (AvgIpc) is 2.28. The molecule has 2 N–H and O–H groups in total. The number of nitriles is 1. The molecule has 6 heteroatoms. The topological polar surface area (TPSA) is 82.0 Å². The van der Waals surface area contributed by atoms with Gasteiger partial charge in [0.15, 0.2) is 0 Å². The van der Waals surface area contributed by atoms with E-state index in [1.165, 1.54) is 11.8 Å². The van der Waals surface area contributed by atoms with Crippen LogP contribution in [-0.2, 0) is 9.59 Å². The molecule has 0 saturated heterocycles. The van der Waals surface area contributed by atoms with E-state index in [2.05, 4.69) is 17.2 Å². The maximum Gasteiger partial charge on any atom is 0.244 e. The van der Waals surface area contributed by atoms with Crippen LogP contribution in [0.15, 0.2) is 12.7 Å². The highest BCUT2D eigenvalue weighted by atomic mass is 32.2. The van der Waals surface area contributed by atoms with Crippen LogP contribution in [0.5, 0.6) is 0 Å². The number of rotatable bonds is 7. The van der Waals surface area contributed by atoms with Gasteiger partial charge < -0.3 is 10.6 Å². The molecule has 0 aromatic heterocycles. The summed E-state index contributed by atoms with van der Waals surface area (Å²) >= 11 is 1.45. The molecule has 0 radical (unpaired) electrons. The van der Waals surface area contributed by atoms with E-state index >= 15 is 0 Å². The van der Waals surface area contributed by atoms with Gasteiger partial charge in [0.25, 0.3) is 0 Å². The predicted molar refractivity (Wildman–Crippen MR) is 63.7 cm³/mol. The van der Waals surface area contributed by atoms with Crippen molar-refractivity contribution < 1.29 is 9.59 Å². The van der Waals surface area contributed by atoms with Crippen molar-refractivity contribution >= 4 is 23.6 Å². The second kappa shape index (κ2) is 8.80. The molecule has 0 aromatic rings. The van der Waals surface area contributed by atoms with Crippen molar-refractivity contribution in [2.75, 3.05) is 18.6 Å². The summed E-state index contributed by atoms with van der Waals surface area (Å²) in [5.41, 5.74) is 0. The zero-order valence-corrected chi connectivity index (χ0v) is 9.97. The first-order valence-electron chi connectivity index (χ1n) is 4.72. The monoisotopic (exact) mass is 241 g/mol. The second-order valence-corrected chi connectivity index (χ2v) is 3.83. The van der Waals surface area contributed by atoms with Crippen molar-refractivity contribution in [1.29, 1.82) is 5.26 Å². The van der Waals surface area contributed by atoms with Gasteiger partial charge in [0.2, 0.25) is 11.8 Å². The summed E-state index contributed by atoms with van der Waals surface area (Å²) in [4.78, 5) is 22.6. The summed E-state index contributed by atoms with van der Waals surface area (Å²) in [6, 6.07) is 1.34. The van der Waals surface area contributed by atoms with Crippen molar-refractivity contribution in [3.05, 3.63) is 12.7 Å². The van der Waals surface area contributed by atoms with Crippen LogP contribution >= 0.6 is 11.8 Å². The van der Waals surface area contributed by atoms with E-state index in [1.54, 1.807) is 0 Å². The van der Waals surface area contributed by atoms with Crippen molar-refractivity contribution in [3.8, 4) is 6.07 Å². The lowest BCUT2D eigenvalue weighted by molar-refractivity contribution is -0.126. The van der Waals surface area contributed by atoms with Gasteiger partial charge in [-0.3, -0.25) is 9.59 Å². The Hall–Kier alpha value is -1.48. The maximum atomic E-state index is 11.6. The Kier molecular flexibility index (Phi) is 7.98. The molecule has 88 valence electrons. The Balaban J connectivity index is 4.18. The summed E-state index contributed by atoms with van der Waals surface area (Å²) in [6.45, 7) is 3.61. The van der Waals surface area contributed by atoms with Crippen LogP contribution in [0.2, 0.25) is 0 Å². The van der Waals surface area contributed by atoms with E-state index in [0.29, 0.717) is 12.3 Å². The lowest BCUT2D eigenvalue weighted by atomic mass is 10.3. The fraction of sp³-hybridized carbons (Fsp3) is 0.500. The van der Waals surface area contributed by atoms with Gasteiger partial charge in [0, 0.05) is 12.3 Å². The van der Waals surface area contributed by atoms with Crippen LogP contribution in [0.25, 0.3) is 0 Å². The van der Waals surface area contributed by atoms with Crippen molar-refractivity contribution in [2.45, 2.75) is 12.5 Å². The molecule has 1 unspecified atom stereocenters. The molecule has 0 aliphatic carbocycles. The first-order valence-corrected chi connectivity index (χ1v) is 6.11. The Morgan fingerprint density at radius 2 is 2.31 bits per heavy atom. The van der Waals surface area contributed by atoms with Crippen molar-refractivity contribution in [2.24, 2.45) is 0 Å². The fourth-order valence-corrected chi connectivity index (χ4v) is 1.51. The third-order valence-corrected chi connectivity index (χ3v) is 2.35. The molecule has 16 heavy (non-hydrogen) atoms. The zero-order chi connectivity index (χ0) is 12.4. The largest absolute Gasteiger partial charge is 0.353 e. The van der Waals surface area contributed by atoms with Gasteiger partial charge in [-0.05, 0) is 12.3 Å². The van der Waals surface area contributed by atoms with Gasteiger partial charge in [-0.15, -0.1) is 0 Å². The van der Waals surface area contributed by atoms with Crippen LogP contribution in [0, 0.1) is 11.3 Å². The molecule has 0 spiro atoms. The highest BCUT2D eigenvalue weighted by Crippen LogP contribution is 1.98. The fourth-order valence-electron chi connectivity index (χ4n) is 0.945. The molecule has 0 rings (SSSR count). The number of hydrogen-bond acceptors (Lipinski definition) is 4. The number of carbonyl (C=O) groups excluding carboxylic acids is 2. The van der Waals surface area contributed by atoms with Crippen molar-refractivity contribution in [1.82, 2.24) is 10.6 Å². The summed E-state index contributed by atoms with van der Waals surface area (Å²) in [5.74, 6) is -0.174. The Labute approximate surface area is 99.3 Å². The SMILES string of the molecule is C=CC(=O)NC(CSC)C(=O)NCCC#N. The van der Waals surface area contributed by atoms with Crippen LogP contribution in [0.3, 0.4) is 0 Å². The van der Waals surface area contributed by atoms with Gasteiger partial charge in [0.1, 0.15) is 6.04 Å². The number of nitrogens with one attached hydrogen (secondary N) is 2. The number of amides is 2. The molecule has 1 atom stereocenters. The highest BCUT2D eigenvalue weighted by Gasteiger charge is 2.18. The van der Waals surface area contributed by atoms with Gasteiger partial charge in [0.05, 0.1) is 12.5 Å². The minimum atomic E-state index is -0.584. The Morgan fingerprint density at radius 1 is 1.62 bits per heavy atom. The summed E-state index contributed by atoms with van der Waals surface area (Å²) in [7, 11) is 0. The molecule has 5 nitrogen and oxygen atoms in total. The molecule has 0 aliphatic rings. The molecule has 0 bridgehead atoms. The molecule has 0 fully saturated rings. The molecule has 0 aromatic carbocycles. The van der Waals surface area contributed by atoms with Crippen molar-refractivity contribution in [3.63, 3.8) is 0 Å². The lowest BCUT2D eigenvalue weighted by Gasteiger charge is -2.15. The standard InChI is InChI=1S/C10H15N3O2S/c1-3-9(14)13-8(7-16-2)10(15)12-6-4-5-11/h3,8H,1,4,6-7H2,2H3,(H,12,15)(H,13,14). The minimum absolute atomic E-state index is 0.257. The number of thioether (sulfide) groups is 1. The summed E-state index contributed by atoms with van der Waals surface area (Å²) < 4.78 is 0. The second-order valence-electron chi connectivity index (χ2n) is 2.92. The van der Waals surface area contributed by atoms with Crippen LogP contribution in [0.1, 0.15) is 6.42 Å². The molecule has 2 amide bonds. The van der Waals surface area contributed by atoms with Crippen LogP contribution < -0.4 is 10.6 Å². The molecule has 0 heterocycles. The molecule has 0 aliphatic heterocycles. The smallest absolute Gasteiger partial charge is 0.244 e. The van der Waals surface area contributed by atoms with E-state index in [-0.39, 0.29) is 18.2 Å². The maximum absolute atomic E-state index is 11.6. The minimum Gasteiger partial charge on any atom is -0.353 e. The Morgan fingerprint density at radius 3 is 2.81 bits per heavy atom. The number of nitrogens with zero attached hydrogens (tertiary/aromatic N) is 1. The molecular formula is C10H15N3O2S. The normalized spacial score (nSPS) is 11.0. The van der Waals surface area contributed by atoms with Gasteiger partial charge >= 0.3 is 0 Å². The number of carbonyl (C=O) groups is 2. The lowest BCUT2D eigenvalue weighted by Crippen LogP contribution is -2.48. The third kappa shape index (κ3) is 6.09. The average molecular weight is 241 g/mol. The molecule has 0 saturated carbocycles. The first kappa shape index (κ1) is 14.5. The summed E-state index contributed by atoms with van der Waals surface area (Å²) in [5, 5.41) is 13.4. The Bertz CT molecular complexity index is 299. The van der Waals surface area contributed by atoms with E-state index in [9.17, 15) is 9.59 Å².